The Hall–Kier alpha value is -1.41. The summed E-state index contributed by atoms with van der Waals surface area (Å²) in [4.78, 5) is 0. The number of hydrogen-bond acceptors (Lipinski definition) is 0. The molecule has 0 aromatic heterocycles. The van der Waals surface area contributed by atoms with E-state index in [0.717, 1.165) is 0 Å². The molecule has 0 saturated carbocycles. The average molecular weight is 514 g/mol. The van der Waals surface area contributed by atoms with Crippen molar-refractivity contribution < 1.29 is 96.0 Å². The van der Waals surface area contributed by atoms with Crippen LogP contribution in [-0.2, 0) is 0 Å². The third kappa shape index (κ3) is 21.3. The van der Waals surface area contributed by atoms with E-state index in [2.05, 4.69) is 0 Å². The summed E-state index contributed by atoms with van der Waals surface area (Å²) in [6.45, 7) is 0. The van der Waals surface area contributed by atoms with Crippen molar-refractivity contribution in [1.82, 2.24) is 0 Å². The van der Waals surface area contributed by atoms with Gasteiger partial charge in [-0.1, -0.05) is 0 Å². The van der Waals surface area contributed by atoms with E-state index in [1.807, 2.05) is 0 Å². The van der Waals surface area contributed by atoms with Crippen LogP contribution in [0.1, 0.15) is 0 Å². The van der Waals surface area contributed by atoms with Gasteiger partial charge in [0.2, 0.25) is 0 Å². The molecule has 30 heavy (non-hydrogen) atoms. The monoisotopic (exact) mass is 514 g/mol. The molecular weight excluding hydrogens is 512 g/mol. The smallest absolute Gasteiger partial charge is 0.418 e. The van der Waals surface area contributed by atoms with Gasteiger partial charge in [-0.25, -0.2) is 17.6 Å². The molecule has 188 valence electrons. The first kappa shape index (κ1) is 36.0. The van der Waals surface area contributed by atoms with Crippen molar-refractivity contribution in [2.75, 3.05) is 0 Å². The van der Waals surface area contributed by atoms with Gasteiger partial charge in [-0.2, -0.15) is 43.9 Å². The zero-order valence-electron chi connectivity index (χ0n) is 12.6. The Morgan fingerprint density at radius 3 is 0.467 bits per heavy atom. The summed E-state index contributed by atoms with van der Waals surface area (Å²) in [5, 5.41) is 0. The summed E-state index contributed by atoms with van der Waals surface area (Å²) in [5.74, 6) is -11.8. The lowest BCUT2D eigenvalue weighted by atomic mass is 10.3. The third-order valence-corrected chi connectivity index (χ3v) is 1.30. The van der Waals surface area contributed by atoms with Crippen LogP contribution in [0, 0.1) is 0 Å². The minimum atomic E-state index is -6.17. The maximum Gasteiger partial charge on any atom is 0.673 e. The van der Waals surface area contributed by atoms with E-state index in [-0.39, 0.29) is 0 Å². The summed E-state index contributed by atoms with van der Waals surface area (Å²) < 4.78 is 231. The van der Waals surface area contributed by atoms with Crippen molar-refractivity contribution in [3.8, 4) is 0 Å². The minimum absolute atomic E-state index is 4.70. The molecule has 0 aromatic carbocycles. The molecule has 0 spiro atoms. The molecule has 0 nitrogen and oxygen atoms in total. The summed E-state index contributed by atoms with van der Waals surface area (Å²) in [6.07, 6.45) is -21.7. The zero-order valence-corrected chi connectivity index (χ0v) is 12.6. The van der Waals surface area contributed by atoms with Gasteiger partial charge in [0.05, 0.1) is 0 Å². The largest absolute Gasteiger partial charge is 0.673 e. The van der Waals surface area contributed by atoms with Crippen molar-refractivity contribution in [3.05, 3.63) is 0 Å². The summed E-state index contributed by atoms with van der Waals surface area (Å²) in [7, 11) is -12.0. The molecule has 0 bridgehead atoms. The van der Waals surface area contributed by atoms with E-state index in [1.165, 1.54) is 0 Å². The lowest BCUT2D eigenvalue weighted by Crippen LogP contribution is -2.42. The quantitative estimate of drug-likeness (QED) is 0.265. The second kappa shape index (κ2) is 11.8. The molecule has 0 N–H and O–H groups in total. The molecule has 0 radical (unpaired) electrons. The Kier molecular flexibility index (Phi) is 14.2. The lowest BCUT2D eigenvalue weighted by Gasteiger charge is -2.17. The fraction of sp³-hybridized carbons (Fsp3) is 1.00. The van der Waals surface area contributed by atoms with Gasteiger partial charge in [0.1, 0.15) is 0 Å². The molecule has 0 amide bonds. The number of halogens is 22. The predicted molar refractivity (Wildman–Crippen MR) is 54.4 cm³/mol. The number of rotatable bonds is 2. The van der Waals surface area contributed by atoms with Gasteiger partial charge in [0.25, 0.3) is 0 Å². The Morgan fingerprint density at radius 2 is 0.467 bits per heavy atom. The molecule has 0 aliphatic heterocycles. The van der Waals surface area contributed by atoms with E-state index < -0.39 is 51.6 Å². The van der Waals surface area contributed by atoms with E-state index >= 15 is 0 Å². The molecule has 0 heterocycles. The molecule has 24 heteroatoms. The van der Waals surface area contributed by atoms with E-state index in [9.17, 15) is 96.0 Å². The number of alkyl halides is 14. The lowest BCUT2D eigenvalue weighted by molar-refractivity contribution is -0.320. The van der Waals surface area contributed by atoms with Crippen LogP contribution in [0.4, 0.5) is 96.0 Å². The van der Waals surface area contributed by atoms with Crippen LogP contribution >= 0.6 is 0 Å². The highest BCUT2D eigenvalue weighted by atomic mass is 19.5. The van der Waals surface area contributed by atoms with E-state index in [0.29, 0.717) is 0 Å². The zero-order chi connectivity index (χ0) is 26.2. The molecule has 0 aliphatic rings. The molecule has 0 rings (SSSR count). The van der Waals surface area contributed by atoms with Gasteiger partial charge in [0, 0.05) is 0 Å². The van der Waals surface area contributed by atoms with Gasteiger partial charge >= 0.3 is 51.6 Å². The van der Waals surface area contributed by atoms with Crippen LogP contribution in [0.25, 0.3) is 0 Å². The molecule has 0 aromatic rings. The first-order valence-corrected chi connectivity index (χ1v) is 5.59. The third-order valence-electron chi connectivity index (χ3n) is 1.30. The normalized spacial score (nSPS) is 13.6. The second-order valence-corrected chi connectivity index (χ2v) is 3.83. The number of hydrogen-bond donors (Lipinski definition) is 0. The van der Waals surface area contributed by atoms with Gasteiger partial charge in [-0.05, 0) is 0 Å². The first-order chi connectivity index (χ1) is 12.4. The van der Waals surface area contributed by atoms with Crippen LogP contribution in [0.3, 0.4) is 0 Å². The fourth-order valence-electron chi connectivity index (χ4n) is 0.247. The van der Waals surface area contributed by atoms with Gasteiger partial charge < -0.3 is 34.5 Å². The Morgan fingerprint density at radius 1 is 0.367 bits per heavy atom. The topological polar surface area (TPSA) is 0 Å². The van der Waals surface area contributed by atoms with Crippen molar-refractivity contribution in [2.24, 2.45) is 0 Å². The minimum Gasteiger partial charge on any atom is -0.418 e. The Labute approximate surface area is 149 Å². The molecule has 0 unspecified atom stereocenters. The summed E-state index contributed by atoms with van der Waals surface area (Å²) in [6, 6.07) is 0. The van der Waals surface area contributed by atoms with Crippen LogP contribution < -0.4 is 0 Å². The van der Waals surface area contributed by atoms with Crippen molar-refractivity contribution in [3.63, 3.8) is 0 Å². The Bertz CT molecular complexity index is 381. The Balaban J connectivity index is -0.000000159. The molecule has 0 atom stereocenters. The first-order valence-electron chi connectivity index (χ1n) is 5.59. The summed E-state index contributed by atoms with van der Waals surface area (Å²) >= 11 is 0. The highest BCUT2D eigenvalue weighted by molar-refractivity contribution is 6.50. The molecular formula is C6H2B2F22-2. The standard InChI is InChI=1S/2C3HF7.2BF4/c2*4-1(5)2(6,7)3(8,9)10;2*2-1(3,4)5/h2*1H;;/q;;2*-1. The predicted octanol–water partition coefficient (Wildman–Crippen LogP) is 7.50. The van der Waals surface area contributed by atoms with Crippen LogP contribution in [0.15, 0.2) is 0 Å². The highest BCUT2D eigenvalue weighted by Crippen LogP contribution is 2.40. The molecule has 0 aliphatic carbocycles. The second-order valence-electron chi connectivity index (χ2n) is 3.83. The van der Waals surface area contributed by atoms with Crippen molar-refractivity contribution in [1.29, 1.82) is 0 Å². The van der Waals surface area contributed by atoms with Gasteiger partial charge in [-0.3, -0.25) is 0 Å². The molecule has 0 saturated heterocycles. The van der Waals surface area contributed by atoms with E-state index in [4.69, 9.17) is 0 Å². The maximum atomic E-state index is 11.2. The van der Waals surface area contributed by atoms with Crippen molar-refractivity contribution in [2.45, 2.75) is 37.0 Å². The molecule has 0 fully saturated rings. The van der Waals surface area contributed by atoms with Crippen molar-refractivity contribution >= 4 is 14.5 Å². The van der Waals surface area contributed by atoms with Crippen LogP contribution in [0.2, 0.25) is 0 Å². The highest BCUT2D eigenvalue weighted by Gasteiger charge is 2.65. The fourth-order valence-corrected chi connectivity index (χ4v) is 0.247. The SMILES string of the molecule is FC(F)C(F)(F)C(F)(F)F.FC(F)C(F)(F)C(F)(F)F.F[B-](F)(F)F.F[B-](F)(F)F. The maximum absolute atomic E-state index is 11.2. The summed E-state index contributed by atoms with van der Waals surface area (Å²) in [5.41, 5.74) is 0. The van der Waals surface area contributed by atoms with E-state index in [1.54, 1.807) is 0 Å². The van der Waals surface area contributed by atoms with Crippen LogP contribution in [0.5, 0.6) is 0 Å². The van der Waals surface area contributed by atoms with Gasteiger partial charge in [0.15, 0.2) is 0 Å². The van der Waals surface area contributed by atoms with Crippen LogP contribution in [-0.4, -0.2) is 51.6 Å². The average Bonchev–Trinajstić information content (AvgIpc) is 2.31. The van der Waals surface area contributed by atoms with Gasteiger partial charge in [-0.15, -0.1) is 0 Å².